The predicted octanol–water partition coefficient (Wildman–Crippen LogP) is 4.55. The van der Waals surface area contributed by atoms with Gasteiger partial charge in [-0.1, -0.05) is 24.3 Å². The van der Waals surface area contributed by atoms with E-state index in [1.807, 2.05) is 0 Å². The fourth-order valence-corrected chi connectivity index (χ4v) is 2.71. The number of phenols is 2. The molecule has 2 aromatic heterocycles. The lowest BCUT2D eigenvalue weighted by atomic mass is 10.1. The summed E-state index contributed by atoms with van der Waals surface area (Å²) in [6, 6.07) is 10.5. The number of rotatable bonds is 4. The number of hydrogen-bond acceptors (Lipinski definition) is 8. The van der Waals surface area contributed by atoms with Crippen LogP contribution >= 0.6 is 0 Å². The van der Waals surface area contributed by atoms with Gasteiger partial charge in [0, 0.05) is 37.0 Å². The molecule has 0 aliphatic carbocycles. The maximum atomic E-state index is 10.5. The van der Waals surface area contributed by atoms with E-state index in [1.165, 1.54) is 0 Å². The number of aromatic hydroxyl groups is 2. The Bertz CT molecular complexity index is 1130. The van der Waals surface area contributed by atoms with Crippen molar-refractivity contribution in [1.29, 1.82) is 0 Å². The zero-order valence-corrected chi connectivity index (χ0v) is 15.1. The second-order valence-corrected chi connectivity index (χ2v) is 5.97. The summed E-state index contributed by atoms with van der Waals surface area (Å²) in [7, 11) is 3.46. The van der Waals surface area contributed by atoms with Crippen LogP contribution in [-0.2, 0) is 14.1 Å². The molecule has 10 heteroatoms. The number of nitrogens with zero attached hydrogens (tertiary/aromatic N) is 8. The Hall–Kier alpha value is -4.08. The van der Waals surface area contributed by atoms with Crippen LogP contribution in [0.15, 0.2) is 69.2 Å². The molecule has 2 aromatic carbocycles. The Labute approximate surface area is 159 Å². The highest BCUT2D eigenvalue weighted by molar-refractivity contribution is 6.05. The smallest absolute Gasteiger partial charge is 0.188 e. The van der Waals surface area contributed by atoms with Crippen LogP contribution in [0.3, 0.4) is 0 Å². The molecule has 140 valence electrons. The minimum atomic E-state index is -0.427. The van der Waals surface area contributed by atoms with Gasteiger partial charge in [0.05, 0.1) is 12.4 Å². The summed E-state index contributed by atoms with van der Waals surface area (Å²) in [6.45, 7) is 0. The van der Waals surface area contributed by atoms with Crippen molar-refractivity contribution in [2.75, 3.05) is 0 Å². The third-order valence-electron chi connectivity index (χ3n) is 4.21. The molecule has 2 heterocycles. The SMILES string of the molecule is Cn1nccc1/N=N/c1c(O)c(O)c(/N=N/c2ccnn2C)c2ccccc12. The lowest BCUT2D eigenvalue weighted by molar-refractivity contribution is 0.406. The first-order chi connectivity index (χ1) is 13.6. The third kappa shape index (κ3) is 2.96. The Kier molecular flexibility index (Phi) is 4.28. The van der Waals surface area contributed by atoms with Gasteiger partial charge in [0.2, 0.25) is 0 Å². The van der Waals surface area contributed by atoms with E-state index in [-0.39, 0.29) is 11.4 Å². The van der Waals surface area contributed by atoms with Gasteiger partial charge in [-0.2, -0.15) is 10.2 Å². The van der Waals surface area contributed by atoms with Crippen molar-refractivity contribution < 1.29 is 10.2 Å². The average Bonchev–Trinajstić information content (AvgIpc) is 3.30. The van der Waals surface area contributed by atoms with E-state index in [2.05, 4.69) is 30.7 Å². The molecule has 2 N–H and O–H groups in total. The molecule has 0 saturated heterocycles. The molecule has 0 bridgehead atoms. The number of aromatic nitrogens is 4. The van der Waals surface area contributed by atoms with E-state index in [1.54, 1.807) is 72.3 Å². The molecule has 10 nitrogen and oxygen atoms in total. The van der Waals surface area contributed by atoms with Crippen molar-refractivity contribution in [2.45, 2.75) is 0 Å². The number of azo groups is 2. The van der Waals surface area contributed by atoms with E-state index >= 15 is 0 Å². The summed E-state index contributed by atoms with van der Waals surface area (Å²) in [5.41, 5.74) is 0.266. The Morgan fingerprint density at radius 2 is 1.11 bits per heavy atom. The van der Waals surface area contributed by atoms with Crippen LogP contribution in [0.1, 0.15) is 0 Å². The zero-order valence-electron chi connectivity index (χ0n) is 15.1. The molecule has 0 aliphatic heterocycles. The minimum absolute atomic E-state index is 0.133. The molecule has 0 unspecified atom stereocenters. The highest BCUT2D eigenvalue weighted by Crippen LogP contribution is 2.50. The van der Waals surface area contributed by atoms with Gasteiger partial charge >= 0.3 is 0 Å². The van der Waals surface area contributed by atoms with E-state index in [4.69, 9.17) is 0 Å². The molecule has 28 heavy (non-hydrogen) atoms. The molecule has 0 aliphatic rings. The monoisotopic (exact) mass is 376 g/mol. The number of fused-ring (bicyclic) bond motifs is 1. The van der Waals surface area contributed by atoms with E-state index < -0.39 is 11.5 Å². The van der Waals surface area contributed by atoms with Crippen molar-refractivity contribution in [1.82, 2.24) is 19.6 Å². The van der Waals surface area contributed by atoms with Crippen LogP contribution < -0.4 is 0 Å². The van der Waals surface area contributed by atoms with Crippen LogP contribution in [0.2, 0.25) is 0 Å². The topological polar surface area (TPSA) is 126 Å². The molecular formula is C18H16N8O2. The Morgan fingerprint density at radius 1 is 0.679 bits per heavy atom. The first-order valence-electron chi connectivity index (χ1n) is 8.32. The molecule has 0 atom stereocenters. The number of benzene rings is 2. The molecule has 0 fully saturated rings. The van der Waals surface area contributed by atoms with E-state index in [0.29, 0.717) is 22.4 Å². The average molecular weight is 376 g/mol. The highest BCUT2D eigenvalue weighted by Gasteiger charge is 2.19. The van der Waals surface area contributed by atoms with Crippen molar-refractivity contribution in [3.63, 3.8) is 0 Å². The minimum Gasteiger partial charge on any atom is -0.503 e. The first kappa shape index (κ1) is 17.3. The fourth-order valence-electron chi connectivity index (χ4n) is 2.71. The van der Waals surface area contributed by atoms with Gasteiger partial charge in [-0.3, -0.25) is 0 Å². The normalized spacial score (nSPS) is 11.9. The summed E-state index contributed by atoms with van der Waals surface area (Å²) in [4.78, 5) is 0. The van der Waals surface area contributed by atoms with Gasteiger partial charge in [-0.15, -0.1) is 20.5 Å². The van der Waals surface area contributed by atoms with Gasteiger partial charge in [0.1, 0.15) is 11.4 Å². The third-order valence-corrected chi connectivity index (χ3v) is 4.21. The maximum absolute atomic E-state index is 10.5. The summed E-state index contributed by atoms with van der Waals surface area (Å²) < 4.78 is 3.08. The Balaban J connectivity index is 1.87. The van der Waals surface area contributed by atoms with Crippen molar-refractivity contribution in [3.8, 4) is 11.5 Å². The summed E-state index contributed by atoms with van der Waals surface area (Å²) >= 11 is 0. The highest BCUT2D eigenvalue weighted by atomic mass is 16.3. The van der Waals surface area contributed by atoms with Crippen molar-refractivity contribution >= 4 is 33.8 Å². The fraction of sp³-hybridized carbons (Fsp3) is 0.111. The van der Waals surface area contributed by atoms with Gasteiger partial charge in [-0.05, 0) is 0 Å². The van der Waals surface area contributed by atoms with Crippen LogP contribution in [0, 0.1) is 0 Å². The molecule has 0 saturated carbocycles. The molecule has 0 spiro atoms. The van der Waals surface area contributed by atoms with Crippen molar-refractivity contribution in [3.05, 3.63) is 48.8 Å². The standard InChI is InChI=1S/C18H16N8O2/c1-25-13(7-9-19-25)21-23-15-11-5-3-4-6-12(11)16(18(28)17(15)27)24-22-14-8-10-20-26(14)2/h3-10,27-28H,1-2H3/b23-21+,24-22+. The van der Waals surface area contributed by atoms with Crippen LogP contribution in [0.4, 0.5) is 23.0 Å². The van der Waals surface area contributed by atoms with Gasteiger partial charge in [-0.25, -0.2) is 9.36 Å². The van der Waals surface area contributed by atoms with Crippen LogP contribution in [0.5, 0.6) is 11.5 Å². The number of phenolic OH excluding ortho intramolecular Hbond substituents is 2. The molecule has 4 rings (SSSR count). The van der Waals surface area contributed by atoms with Gasteiger partial charge in [0.15, 0.2) is 23.1 Å². The number of aryl methyl sites for hydroxylation is 2. The Morgan fingerprint density at radius 3 is 1.46 bits per heavy atom. The van der Waals surface area contributed by atoms with E-state index in [9.17, 15) is 10.2 Å². The second kappa shape index (κ2) is 6.91. The molecular weight excluding hydrogens is 360 g/mol. The maximum Gasteiger partial charge on any atom is 0.188 e. The molecule has 0 radical (unpaired) electrons. The largest absolute Gasteiger partial charge is 0.503 e. The first-order valence-corrected chi connectivity index (χ1v) is 8.32. The quantitative estimate of drug-likeness (QED) is 0.400. The lowest BCUT2D eigenvalue weighted by Crippen LogP contribution is -1.87. The zero-order chi connectivity index (χ0) is 19.7. The molecule has 0 amide bonds. The predicted molar refractivity (Wildman–Crippen MR) is 102 cm³/mol. The van der Waals surface area contributed by atoms with E-state index in [0.717, 1.165) is 0 Å². The van der Waals surface area contributed by atoms with Gasteiger partial charge < -0.3 is 10.2 Å². The summed E-state index contributed by atoms with van der Waals surface area (Å²) in [5, 5.41) is 46.7. The van der Waals surface area contributed by atoms with Crippen molar-refractivity contribution in [2.24, 2.45) is 34.6 Å². The summed E-state index contributed by atoms with van der Waals surface area (Å²) in [6.07, 6.45) is 3.18. The second-order valence-electron chi connectivity index (χ2n) is 5.97. The van der Waals surface area contributed by atoms with Crippen LogP contribution in [0.25, 0.3) is 10.8 Å². The lowest BCUT2D eigenvalue weighted by Gasteiger charge is -2.09. The number of hydrogen-bond donors (Lipinski definition) is 2. The van der Waals surface area contributed by atoms with Crippen LogP contribution in [-0.4, -0.2) is 29.8 Å². The summed E-state index contributed by atoms with van der Waals surface area (Å²) in [5.74, 6) is 0.151. The molecule has 4 aromatic rings. The van der Waals surface area contributed by atoms with Gasteiger partial charge in [0.25, 0.3) is 0 Å².